The van der Waals surface area contributed by atoms with E-state index < -0.39 is 0 Å². The minimum atomic E-state index is 0.847. The first kappa shape index (κ1) is 7.42. The highest BCUT2D eigenvalue weighted by Crippen LogP contribution is 2.17. The van der Waals surface area contributed by atoms with Crippen molar-refractivity contribution < 1.29 is 9.20 Å². The molecule has 2 aromatic heterocycles. The van der Waals surface area contributed by atoms with E-state index in [0.717, 1.165) is 17.1 Å². The van der Waals surface area contributed by atoms with Gasteiger partial charge in [0, 0.05) is 17.6 Å². The normalized spacial score (nSPS) is 10.4. The first-order valence-corrected chi connectivity index (χ1v) is 4.44. The molecule has 0 aliphatic rings. The van der Waals surface area contributed by atoms with Crippen molar-refractivity contribution in [2.45, 2.75) is 13.5 Å². The van der Waals surface area contributed by atoms with Crippen molar-refractivity contribution in [2.75, 3.05) is 0 Å². The molecule has 12 heavy (non-hydrogen) atoms. The van der Waals surface area contributed by atoms with Gasteiger partial charge >= 0.3 is 0 Å². The van der Waals surface area contributed by atoms with Crippen molar-refractivity contribution in [3.05, 3.63) is 18.5 Å². The summed E-state index contributed by atoms with van der Waals surface area (Å²) >= 11 is 1.42. The summed E-state index contributed by atoms with van der Waals surface area (Å²) in [6, 6.07) is 1.83. The van der Waals surface area contributed by atoms with Crippen LogP contribution in [-0.2, 0) is 6.54 Å². The molecule has 2 aromatic rings. The Morgan fingerprint density at radius 3 is 3.17 bits per heavy atom. The number of nitrogens with zero attached hydrogens (tertiary/aromatic N) is 3. The van der Waals surface area contributed by atoms with E-state index >= 15 is 0 Å². The SMILES string of the molecule is CC[n+]1cc(-c2ccon2)sn1. The van der Waals surface area contributed by atoms with Crippen LogP contribution in [0.25, 0.3) is 10.6 Å². The van der Waals surface area contributed by atoms with Gasteiger partial charge in [0.1, 0.15) is 16.8 Å². The zero-order chi connectivity index (χ0) is 8.39. The smallest absolute Gasteiger partial charge is 0.218 e. The molecule has 62 valence electrons. The highest BCUT2D eigenvalue weighted by Gasteiger charge is 2.11. The Hall–Kier alpha value is -1.23. The second kappa shape index (κ2) is 3.02. The fourth-order valence-electron chi connectivity index (χ4n) is 0.880. The summed E-state index contributed by atoms with van der Waals surface area (Å²) in [6.45, 7) is 2.93. The van der Waals surface area contributed by atoms with E-state index in [9.17, 15) is 0 Å². The van der Waals surface area contributed by atoms with Crippen molar-refractivity contribution in [3.8, 4) is 10.6 Å². The highest BCUT2D eigenvalue weighted by atomic mass is 32.1. The second-order valence-electron chi connectivity index (χ2n) is 2.31. The molecular formula is C7H8N3OS+. The maximum Gasteiger partial charge on any atom is 0.218 e. The van der Waals surface area contributed by atoms with E-state index in [1.54, 1.807) is 6.26 Å². The van der Waals surface area contributed by atoms with E-state index in [2.05, 4.69) is 9.64 Å². The van der Waals surface area contributed by atoms with Crippen molar-refractivity contribution >= 4 is 11.5 Å². The molecule has 2 rings (SSSR count). The Balaban J connectivity index is 2.35. The van der Waals surface area contributed by atoms with Gasteiger partial charge in [-0.1, -0.05) is 9.84 Å². The lowest BCUT2D eigenvalue weighted by Gasteiger charge is -1.77. The van der Waals surface area contributed by atoms with Crippen molar-refractivity contribution in [3.63, 3.8) is 0 Å². The van der Waals surface area contributed by atoms with Gasteiger partial charge in [0.2, 0.25) is 6.20 Å². The van der Waals surface area contributed by atoms with Crippen LogP contribution in [0.5, 0.6) is 0 Å². The second-order valence-corrected chi connectivity index (χ2v) is 3.09. The molecule has 0 saturated heterocycles. The third kappa shape index (κ3) is 1.23. The van der Waals surface area contributed by atoms with Gasteiger partial charge in [-0.05, 0) is 6.92 Å². The fraction of sp³-hybridized carbons (Fsp3) is 0.286. The predicted octanol–water partition coefficient (Wildman–Crippen LogP) is 1.11. The minimum Gasteiger partial charge on any atom is -0.364 e. The number of hydrogen-bond acceptors (Lipinski definition) is 4. The molecule has 0 bridgehead atoms. The van der Waals surface area contributed by atoms with Gasteiger partial charge in [-0.25, -0.2) is 0 Å². The maximum atomic E-state index is 4.73. The Labute approximate surface area is 73.6 Å². The molecule has 0 amide bonds. The van der Waals surface area contributed by atoms with E-state index in [-0.39, 0.29) is 0 Å². The summed E-state index contributed by atoms with van der Waals surface area (Å²) in [5.74, 6) is 0. The highest BCUT2D eigenvalue weighted by molar-refractivity contribution is 7.09. The zero-order valence-corrected chi connectivity index (χ0v) is 7.41. The molecule has 0 saturated carbocycles. The fourth-order valence-corrected chi connectivity index (χ4v) is 1.60. The lowest BCUT2D eigenvalue weighted by Crippen LogP contribution is -2.32. The molecule has 4 nitrogen and oxygen atoms in total. The molecule has 0 unspecified atom stereocenters. The average Bonchev–Trinajstić information content (AvgIpc) is 2.75. The van der Waals surface area contributed by atoms with Crippen LogP contribution in [0, 0.1) is 0 Å². The molecule has 0 N–H and O–H groups in total. The first-order chi connectivity index (χ1) is 5.90. The van der Waals surface area contributed by atoms with E-state index in [1.165, 1.54) is 11.5 Å². The molecule has 0 aromatic carbocycles. The molecule has 0 spiro atoms. The largest absolute Gasteiger partial charge is 0.364 e. The number of aryl methyl sites for hydroxylation is 1. The van der Waals surface area contributed by atoms with Gasteiger partial charge < -0.3 is 4.52 Å². The Morgan fingerprint density at radius 1 is 1.67 bits per heavy atom. The van der Waals surface area contributed by atoms with Crippen molar-refractivity contribution in [1.82, 2.24) is 9.64 Å². The van der Waals surface area contributed by atoms with Gasteiger partial charge in [-0.15, -0.1) is 0 Å². The van der Waals surface area contributed by atoms with Crippen LogP contribution >= 0.6 is 11.5 Å². The Bertz CT molecular complexity index is 354. The van der Waals surface area contributed by atoms with Crippen LogP contribution in [0.3, 0.4) is 0 Å². The topological polar surface area (TPSA) is 42.8 Å². The molecule has 5 heteroatoms. The van der Waals surface area contributed by atoms with Crippen LogP contribution < -0.4 is 4.68 Å². The summed E-state index contributed by atoms with van der Waals surface area (Å²) in [5.41, 5.74) is 0.847. The zero-order valence-electron chi connectivity index (χ0n) is 6.60. The molecular weight excluding hydrogens is 174 g/mol. The lowest BCUT2D eigenvalue weighted by atomic mass is 10.4. The number of hydrogen-bond donors (Lipinski definition) is 0. The van der Waals surface area contributed by atoms with Crippen molar-refractivity contribution in [2.24, 2.45) is 0 Å². The van der Waals surface area contributed by atoms with E-state index in [4.69, 9.17) is 4.52 Å². The summed E-state index contributed by atoms with van der Waals surface area (Å²) in [7, 11) is 0. The van der Waals surface area contributed by atoms with E-state index in [0.29, 0.717) is 0 Å². The van der Waals surface area contributed by atoms with Crippen LogP contribution in [-0.4, -0.2) is 9.64 Å². The molecule has 0 atom stereocenters. The standard InChI is InChI=1S/C7H8N3OS/c1-2-10-5-7(12-9-10)6-3-4-11-8-6/h3-5H,2H2,1H3/q+1. The summed E-state index contributed by atoms with van der Waals surface area (Å²) in [4.78, 5) is 1.03. The number of aromatic nitrogens is 3. The first-order valence-electron chi connectivity index (χ1n) is 3.67. The van der Waals surface area contributed by atoms with Crippen LogP contribution in [0.15, 0.2) is 23.0 Å². The lowest BCUT2D eigenvalue weighted by molar-refractivity contribution is -0.743. The summed E-state index contributed by atoms with van der Waals surface area (Å²) in [5, 5.41) is 3.82. The summed E-state index contributed by atoms with van der Waals surface area (Å²) in [6.07, 6.45) is 3.52. The van der Waals surface area contributed by atoms with Gasteiger partial charge in [0.05, 0.1) is 4.49 Å². The molecule has 0 radical (unpaired) electrons. The van der Waals surface area contributed by atoms with Gasteiger partial charge in [0.15, 0.2) is 6.54 Å². The number of rotatable bonds is 2. The molecule has 2 heterocycles. The minimum absolute atomic E-state index is 0.847. The Morgan fingerprint density at radius 2 is 2.58 bits per heavy atom. The van der Waals surface area contributed by atoms with Crippen LogP contribution in [0.4, 0.5) is 0 Å². The van der Waals surface area contributed by atoms with Gasteiger partial charge in [-0.3, -0.25) is 0 Å². The van der Waals surface area contributed by atoms with Crippen molar-refractivity contribution in [1.29, 1.82) is 0 Å². The maximum absolute atomic E-state index is 4.73. The average molecular weight is 182 g/mol. The monoisotopic (exact) mass is 182 g/mol. The molecule has 0 fully saturated rings. The van der Waals surface area contributed by atoms with Crippen LogP contribution in [0.2, 0.25) is 0 Å². The summed E-state index contributed by atoms with van der Waals surface area (Å²) < 4.78 is 10.8. The van der Waals surface area contributed by atoms with Crippen LogP contribution in [0.1, 0.15) is 6.92 Å². The van der Waals surface area contributed by atoms with Gasteiger partial charge in [-0.2, -0.15) is 0 Å². The van der Waals surface area contributed by atoms with E-state index in [1.807, 2.05) is 23.9 Å². The third-order valence-corrected chi connectivity index (χ3v) is 2.33. The Kier molecular flexibility index (Phi) is 1.87. The van der Waals surface area contributed by atoms with Gasteiger partial charge in [0.25, 0.3) is 0 Å². The predicted molar refractivity (Wildman–Crippen MR) is 43.5 cm³/mol. The molecule has 0 aliphatic carbocycles. The quantitative estimate of drug-likeness (QED) is 0.653. The molecule has 0 aliphatic heterocycles. The third-order valence-electron chi connectivity index (χ3n) is 1.52.